The molecule has 2 rings (SSSR count). The van der Waals surface area contributed by atoms with Crippen LogP contribution in [0.1, 0.15) is 32.6 Å². The third kappa shape index (κ3) is 2.30. The van der Waals surface area contributed by atoms with E-state index in [0.717, 1.165) is 58.4 Å². The van der Waals surface area contributed by atoms with Crippen molar-refractivity contribution in [3.05, 3.63) is 0 Å². The number of likely N-dealkylation sites (N-methyl/N-ethyl adjacent to an activating group) is 1. The van der Waals surface area contributed by atoms with E-state index in [2.05, 4.69) is 17.9 Å². The van der Waals surface area contributed by atoms with E-state index in [1.54, 1.807) is 0 Å². The van der Waals surface area contributed by atoms with Gasteiger partial charge in [0.25, 0.3) is 0 Å². The molecule has 4 heteroatoms. The summed E-state index contributed by atoms with van der Waals surface area (Å²) in [6.45, 7) is 6.66. The topological polar surface area (TPSA) is 47.3 Å². The van der Waals surface area contributed by atoms with Gasteiger partial charge in [0.15, 0.2) is 0 Å². The van der Waals surface area contributed by atoms with Gasteiger partial charge in [0.2, 0.25) is 5.91 Å². The van der Waals surface area contributed by atoms with Crippen molar-refractivity contribution < 1.29 is 4.79 Å². The lowest BCUT2D eigenvalue weighted by molar-refractivity contribution is -0.140. The van der Waals surface area contributed by atoms with E-state index in [-0.39, 0.29) is 5.91 Å². The number of carbonyl (C=O) groups excluding carboxylic acids is 1. The van der Waals surface area contributed by atoms with Gasteiger partial charge in [-0.3, -0.25) is 4.79 Å². The number of nitriles is 1. The molecular formula is C13H21N3O. The van der Waals surface area contributed by atoms with Crippen molar-refractivity contribution in [3.63, 3.8) is 0 Å². The maximum Gasteiger partial charge on any atom is 0.243 e. The Labute approximate surface area is 103 Å². The first-order valence-electron chi connectivity index (χ1n) is 6.65. The molecular weight excluding hydrogens is 214 g/mol. The summed E-state index contributed by atoms with van der Waals surface area (Å²) in [7, 11) is 0. The van der Waals surface area contributed by atoms with Crippen molar-refractivity contribution in [2.75, 3.05) is 32.7 Å². The Morgan fingerprint density at radius 1 is 1.24 bits per heavy atom. The number of piperazine rings is 1. The maximum atomic E-state index is 12.4. The third-order valence-corrected chi connectivity index (χ3v) is 4.19. The van der Waals surface area contributed by atoms with Crippen LogP contribution in [0.3, 0.4) is 0 Å². The molecule has 0 aromatic rings. The molecule has 1 saturated heterocycles. The van der Waals surface area contributed by atoms with Crippen LogP contribution < -0.4 is 0 Å². The second-order valence-electron chi connectivity index (χ2n) is 5.13. The molecule has 0 bridgehead atoms. The monoisotopic (exact) mass is 235 g/mol. The summed E-state index contributed by atoms with van der Waals surface area (Å²) in [6.07, 6.45) is 3.56. The molecule has 0 N–H and O–H groups in total. The van der Waals surface area contributed by atoms with E-state index in [0.29, 0.717) is 0 Å². The summed E-state index contributed by atoms with van der Waals surface area (Å²) in [5.41, 5.74) is -0.686. The van der Waals surface area contributed by atoms with Gasteiger partial charge in [-0.15, -0.1) is 0 Å². The fourth-order valence-electron chi connectivity index (χ4n) is 2.92. The Morgan fingerprint density at radius 2 is 1.82 bits per heavy atom. The number of hydrogen-bond donors (Lipinski definition) is 0. The van der Waals surface area contributed by atoms with Crippen LogP contribution in [0.5, 0.6) is 0 Å². The van der Waals surface area contributed by atoms with Crippen molar-refractivity contribution in [2.45, 2.75) is 32.6 Å². The molecule has 1 saturated carbocycles. The van der Waals surface area contributed by atoms with Crippen molar-refractivity contribution in [1.82, 2.24) is 9.80 Å². The van der Waals surface area contributed by atoms with E-state index in [4.69, 9.17) is 0 Å². The molecule has 0 aromatic heterocycles. The number of carbonyl (C=O) groups is 1. The van der Waals surface area contributed by atoms with Crippen LogP contribution >= 0.6 is 0 Å². The fraction of sp³-hybridized carbons (Fsp3) is 0.846. The van der Waals surface area contributed by atoms with Crippen LogP contribution in [0.15, 0.2) is 0 Å². The van der Waals surface area contributed by atoms with Gasteiger partial charge in [-0.2, -0.15) is 5.26 Å². The molecule has 0 spiro atoms. The molecule has 1 amide bonds. The van der Waals surface area contributed by atoms with Gasteiger partial charge in [-0.1, -0.05) is 19.8 Å². The minimum absolute atomic E-state index is 0.0910. The Bertz CT molecular complexity index is 320. The largest absolute Gasteiger partial charge is 0.339 e. The first-order valence-corrected chi connectivity index (χ1v) is 6.65. The molecule has 94 valence electrons. The molecule has 17 heavy (non-hydrogen) atoms. The lowest BCUT2D eigenvalue weighted by Gasteiger charge is -2.37. The quantitative estimate of drug-likeness (QED) is 0.723. The summed E-state index contributed by atoms with van der Waals surface area (Å²) in [5, 5.41) is 9.31. The van der Waals surface area contributed by atoms with Crippen molar-refractivity contribution in [1.29, 1.82) is 5.26 Å². The van der Waals surface area contributed by atoms with Gasteiger partial charge in [0, 0.05) is 26.2 Å². The Morgan fingerprint density at radius 3 is 2.29 bits per heavy atom. The van der Waals surface area contributed by atoms with Crippen molar-refractivity contribution in [2.24, 2.45) is 5.41 Å². The van der Waals surface area contributed by atoms with E-state index >= 15 is 0 Å². The molecule has 4 nitrogen and oxygen atoms in total. The predicted molar refractivity (Wildman–Crippen MR) is 65.2 cm³/mol. The summed E-state index contributed by atoms with van der Waals surface area (Å²) >= 11 is 0. The third-order valence-electron chi connectivity index (χ3n) is 4.19. The zero-order chi connectivity index (χ0) is 12.3. The van der Waals surface area contributed by atoms with Crippen LogP contribution in [-0.4, -0.2) is 48.4 Å². The van der Waals surface area contributed by atoms with Crippen molar-refractivity contribution >= 4 is 5.91 Å². The van der Waals surface area contributed by atoms with Crippen LogP contribution in [0.4, 0.5) is 0 Å². The number of hydrogen-bond acceptors (Lipinski definition) is 3. The highest BCUT2D eigenvalue weighted by atomic mass is 16.2. The van der Waals surface area contributed by atoms with Crippen LogP contribution in [0, 0.1) is 16.7 Å². The SMILES string of the molecule is CCN1CCN(C(=O)C2(C#N)CCCC2)CC1. The van der Waals surface area contributed by atoms with Crippen LogP contribution in [-0.2, 0) is 4.79 Å². The summed E-state index contributed by atoms with van der Waals surface area (Å²) in [6, 6.07) is 2.29. The molecule has 1 heterocycles. The van der Waals surface area contributed by atoms with Gasteiger partial charge < -0.3 is 9.80 Å². The predicted octanol–water partition coefficient (Wildman–Crippen LogP) is 1.23. The van der Waals surface area contributed by atoms with E-state index in [9.17, 15) is 10.1 Å². The standard InChI is InChI=1S/C13H21N3O/c1-2-15-7-9-16(10-8-15)12(17)13(11-14)5-3-4-6-13/h2-10H2,1H3. The Balaban J connectivity index is 1.99. The molecule has 1 aliphatic heterocycles. The minimum atomic E-state index is -0.686. The van der Waals surface area contributed by atoms with Crippen molar-refractivity contribution in [3.8, 4) is 6.07 Å². The number of rotatable bonds is 2. The smallest absolute Gasteiger partial charge is 0.243 e. The minimum Gasteiger partial charge on any atom is -0.339 e. The van der Waals surface area contributed by atoms with Crippen LogP contribution in [0.25, 0.3) is 0 Å². The number of amides is 1. The zero-order valence-electron chi connectivity index (χ0n) is 10.6. The van der Waals surface area contributed by atoms with Gasteiger partial charge in [0.1, 0.15) is 5.41 Å². The van der Waals surface area contributed by atoms with Crippen LogP contribution in [0.2, 0.25) is 0 Å². The lowest BCUT2D eigenvalue weighted by atomic mass is 9.86. The highest BCUT2D eigenvalue weighted by Gasteiger charge is 2.44. The highest BCUT2D eigenvalue weighted by molar-refractivity contribution is 5.86. The second-order valence-corrected chi connectivity index (χ2v) is 5.13. The Hall–Kier alpha value is -1.08. The normalized spacial score (nSPS) is 24.6. The van der Waals surface area contributed by atoms with Gasteiger partial charge >= 0.3 is 0 Å². The lowest BCUT2D eigenvalue weighted by Crippen LogP contribution is -2.52. The molecule has 0 atom stereocenters. The average molecular weight is 235 g/mol. The molecule has 0 unspecified atom stereocenters. The summed E-state index contributed by atoms with van der Waals surface area (Å²) < 4.78 is 0. The highest BCUT2D eigenvalue weighted by Crippen LogP contribution is 2.39. The fourth-order valence-corrected chi connectivity index (χ4v) is 2.92. The molecule has 2 aliphatic rings. The van der Waals surface area contributed by atoms with Gasteiger partial charge in [-0.05, 0) is 19.4 Å². The van der Waals surface area contributed by atoms with E-state index in [1.807, 2.05) is 4.90 Å². The average Bonchev–Trinajstić information content (AvgIpc) is 2.88. The molecule has 0 aromatic carbocycles. The second kappa shape index (κ2) is 5.05. The zero-order valence-corrected chi connectivity index (χ0v) is 10.6. The first-order chi connectivity index (χ1) is 8.22. The van der Waals surface area contributed by atoms with Gasteiger partial charge in [-0.25, -0.2) is 0 Å². The Kier molecular flexibility index (Phi) is 3.68. The molecule has 1 aliphatic carbocycles. The van der Waals surface area contributed by atoms with E-state index < -0.39 is 5.41 Å². The van der Waals surface area contributed by atoms with Gasteiger partial charge in [0.05, 0.1) is 6.07 Å². The van der Waals surface area contributed by atoms with E-state index in [1.165, 1.54) is 0 Å². The molecule has 0 radical (unpaired) electrons. The number of nitrogens with zero attached hydrogens (tertiary/aromatic N) is 3. The summed E-state index contributed by atoms with van der Waals surface area (Å²) in [5.74, 6) is 0.0910. The summed E-state index contributed by atoms with van der Waals surface area (Å²) in [4.78, 5) is 16.7. The maximum absolute atomic E-state index is 12.4. The first kappa shape index (κ1) is 12.4. The molecule has 2 fully saturated rings.